The molecule has 5 N–H and O–H groups in total. The monoisotopic (exact) mass is 428 g/mol. The third-order valence-corrected chi connectivity index (χ3v) is 4.01. The second-order valence-electron chi connectivity index (χ2n) is 6.91. The lowest BCUT2D eigenvalue weighted by atomic mass is 10.1. The molecule has 0 aromatic heterocycles. The van der Waals surface area contributed by atoms with Crippen LogP contribution in [0, 0.1) is 33.1 Å². The van der Waals surface area contributed by atoms with Gasteiger partial charge in [0.1, 0.15) is 6.04 Å². The van der Waals surface area contributed by atoms with Crippen LogP contribution in [0.5, 0.6) is 0 Å². The van der Waals surface area contributed by atoms with Crippen LogP contribution in [0.3, 0.4) is 0 Å². The zero-order valence-electron chi connectivity index (χ0n) is 16.8. The first-order valence-electron chi connectivity index (χ1n) is 9.37. The summed E-state index contributed by atoms with van der Waals surface area (Å²) in [6.07, 6.45) is 1.08. The van der Waals surface area contributed by atoms with Gasteiger partial charge in [0.2, 0.25) is 5.91 Å². The second kappa shape index (κ2) is 12.3. The summed E-state index contributed by atoms with van der Waals surface area (Å²) in [7, 11) is 0. The number of benzene rings is 1. The highest BCUT2D eigenvalue weighted by Gasteiger charge is 2.23. The van der Waals surface area contributed by atoms with E-state index in [2.05, 4.69) is 16.0 Å². The van der Waals surface area contributed by atoms with Gasteiger partial charge < -0.3 is 16.0 Å². The summed E-state index contributed by atoms with van der Waals surface area (Å²) in [5.41, 5.74) is 1.10. The Balaban J connectivity index is 2.73. The first-order valence-corrected chi connectivity index (χ1v) is 9.37. The number of guanidine groups is 1. The van der Waals surface area contributed by atoms with Gasteiger partial charge in [-0.25, -0.2) is 18.9 Å². The molecule has 166 valence electrons. The van der Waals surface area contributed by atoms with Crippen molar-refractivity contribution in [2.45, 2.75) is 39.2 Å². The number of nitrogens with zero attached hydrogens (tertiary/aromatic N) is 1. The summed E-state index contributed by atoms with van der Waals surface area (Å²) in [4.78, 5) is 35.1. The zero-order valence-corrected chi connectivity index (χ0v) is 16.8. The predicted molar refractivity (Wildman–Crippen MR) is 105 cm³/mol. The Hall–Kier alpha value is -3.31. The van der Waals surface area contributed by atoms with Gasteiger partial charge in [-0.3, -0.25) is 15.0 Å². The number of halogens is 2. The fraction of sp³-hybridized carbons (Fsp3) is 0.500. The summed E-state index contributed by atoms with van der Waals surface area (Å²) in [6, 6.07) is 2.13. The van der Waals surface area contributed by atoms with Crippen LogP contribution in [0.25, 0.3) is 0 Å². The molecule has 10 nitrogen and oxygen atoms in total. The van der Waals surface area contributed by atoms with Crippen molar-refractivity contribution in [1.82, 2.24) is 21.4 Å². The molecule has 1 aromatic rings. The number of nitrogens with one attached hydrogen (secondary N) is 5. The summed E-state index contributed by atoms with van der Waals surface area (Å²) in [6.45, 7) is 4.46. The van der Waals surface area contributed by atoms with E-state index >= 15 is 0 Å². The standard InChI is InChI=1S/C18H26F2N6O4/c1-11(2)8-10-22-17(28)14(7-4-9-23-18(21)25-26(29)30)24-16(27)12-5-3-6-13(19)15(12)20/h3,5-6,11,14H,4,7-10H2,1-2H3,(H,22,28)(H,24,27)(H3,21,23,25)/t14-/m0/s1. The minimum absolute atomic E-state index is 0.106. The molecule has 12 heteroatoms. The molecule has 1 atom stereocenters. The molecule has 0 saturated carbocycles. The second-order valence-corrected chi connectivity index (χ2v) is 6.91. The number of hydrazine groups is 1. The molecule has 0 fully saturated rings. The average Bonchev–Trinajstić information content (AvgIpc) is 2.65. The molecule has 1 aromatic carbocycles. The average molecular weight is 428 g/mol. The van der Waals surface area contributed by atoms with Gasteiger partial charge in [-0.05, 0) is 37.3 Å². The Labute approximate surface area is 172 Å². The van der Waals surface area contributed by atoms with Crippen molar-refractivity contribution in [2.24, 2.45) is 5.92 Å². The van der Waals surface area contributed by atoms with E-state index < -0.39 is 46.0 Å². The van der Waals surface area contributed by atoms with E-state index in [1.165, 1.54) is 6.07 Å². The SMILES string of the molecule is CC(C)CCNC(=O)[C@H](CCCNC(=N)N[N+](=O)[O-])NC(=O)c1cccc(F)c1F. The number of hydrogen-bond acceptors (Lipinski definition) is 5. The summed E-state index contributed by atoms with van der Waals surface area (Å²) < 4.78 is 27.2. The first-order chi connectivity index (χ1) is 14.1. The van der Waals surface area contributed by atoms with E-state index in [0.717, 1.165) is 18.6 Å². The molecule has 0 radical (unpaired) electrons. The highest BCUT2D eigenvalue weighted by Crippen LogP contribution is 2.12. The molecule has 0 aliphatic heterocycles. The van der Waals surface area contributed by atoms with Crippen LogP contribution >= 0.6 is 0 Å². The van der Waals surface area contributed by atoms with Crippen LogP contribution in [0.2, 0.25) is 0 Å². The number of hydrogen-bond donors (Lipinski definition) is 5. The number of carbonyl (C=O) groups is 2. The van der Waals surface area contributed by atoms with E-state index in [0.29, 0.717) is 12.5 Å². The number of nitro groups is 1. The maximum Gasteiger partial charge on any atom is 0.255 e. The van der Waals surface area contributed by atoms with Crippen LogP contribution in [0.4, 0.5) is 8.78 Å². The quantitative estimate of drug-likeness (QED) is 0.118. The van der Waals surface area contributed by atoms with Crippen molar-refractivity contribution in [1.29, 1.82) is 5.41 Å². The van der Waals surface area contributed by atoms with E-state index in [9.17, 15) is 28.5 Å². The Kier molecular flexibility index (Phi) is 10.1. The molecule has 30 heavy (non-hydrogen) atoms. The molecule has 0 aliphatic rings. The number of carbonyl (C=O) groups excluding carboxylic acids is 2. The Morgan fingerprint density at radius 1 is 1.17 bits per heavy atom. The topological polar surface area (TPSA) is 149 Å². The van der Waals surface area contributed by atoms with Gasteiger partial charge in [0.05, 0.1) is 5.56 Å². The van der Waals surface area contributed by atoms with Gasteiger partial charge in [-0.1, -0.05) is 25.3 Å². The normalized spacial score (nSPS) is 11.5. The van der Waals surface area contributed by atoms with Crippen molar-refractivity contribution in [3.8, 4) is 0 Å². The molecule has 0 spiro atoms. The molecule has 0 unspecified atom stereocenters. The highest BCUT2D eigenvalue weighted by atomic mass is 19.2. The maximum atomic E-state index is 13.9. The number of amides is 2. The van der Waals surface area contributed by atoms with Crippen molar-refractivity contribution in [3.05, 3.63) is 45.5 Å². The van der Waals surface area contributed by atoms with Crippen LogP contribution in [-0.4, -0.2) is 41.9 Å². The van der Waals surface area contributed by atoms with Gasteiger partial charge >= 0.3 is 0 Å². The fourth-order valence-corrected chi connectivity index (χ4v) is 2.44. The summed E-state index contributed by atoms with van der Waals surface area (Å²) in [5.74, 6) is -4.09. The van der Waals surface area contributed by atoms with Crippen molar-refractivity contribution in [2.75, 3.05) is 13.1 Å². The maximum absolute atomic E-state index is 13.9. The molecule has 1 rings (SSSR count). The van der Waals surface area contributed by atoms with Crippen LogP contribution in [0.1, 0.15) is 43.5 Å². The Morgan fingerprint density at radius 3 is 2.50 bits per heavy atom. The van der Waals surface area contributed by atoms with E-state index in [1.54, 1.807) is 5.43 Å². The fourth-order valence-electron chi connectivity index (χ4n) is 2.44. The largest absolute Gasteiger partial charge is 0.354 e. The summed E-state index contributed by atoms with van der Waals surface area (Å²) in [5, 5.41) is 24.2. The van der Waals surface area contributed by atoms with E-state index in [-0.39, 0.29) is 19.4 Å². The highest BCUT2D eigenvalue weighted by molar-refractivity contribution is 5.97. The molecule has 0 heterocycles. The Bertz CT molecular complexity index is 775. The predicted octanol–water partition coefficient (Wildman–Crippen LogP) is 1.31. The van der Waals surface area contributed by atoms with Gasteiger partial charge in [-0.2, -0.15) is 0 Å². The zero-order chi connectivity index (χ0) is 22.7. The number of rotatable bonds is 11. The lowest BCUT2D eigenvalue weighted by molar-refractivity contribution is -0.525. The van der Waals surface area contributed by atoms with E-state index in [1.807, 2.05) is 13.8 Å². The lowest BCUT2D eigenvalue weighted by Gasteiger charge is -2.19. The molecule has 2 amide bonds. The lowest BCUT2D eigenvalue weighted by Crippen LogP contribution is -2.47. The third-order valence-electron chi connectivity index (χ3n) is 4.01. The molecular weight excluding hydrogens is 402 g/mol. The smallest absolute Gasteiger partial charge is 0.255 e. The minimum Gasteiger partial charge on any atom is -0.354 e. The molecule has 0 saturated heterocycles. The van der Waals surface area contributed by atoms with Gasteiger partial charge in [0.15, 0.2) is 16.7 Å². The summed E-state index contributed by atoms with van der Waals surface area (Å²) >= 11 is 0. The molecule has 0 aliphatic carbocycles. The Morgan fingerprint density at radius 2 is 1.87 bits per heavy atom. The van der Waals surface area contributed by atoms with Crippen LogP contribution in [0.15, 0.2) is 18.2 Å². The van der Waals surface area contributed by atoms with Gasteiger partial charge in [0, 0.05) is 13.1 Å². The van der Waals surface area contributed by atoms with Crippen molar-refractivity contribution in [3.63, 3.8) is 0 Å². The van der Waals surface area contributed by atoms with E-state index in [4.69, 9.17) is 5.41 Å². The van der Waals surface area contributed by atoms with Gasteiger partial charge in [-0.15, -0.1) is 0 Å². The van der Waals surface area contributed by atoms with Crippen molar-refractivity contribution < 1.29 is 23.4 Å². The minimum atomic E-state index is -1.31. The molecule has 0 bridgehead atoms. The van der Waals surface area contributed by atoms with Crippen LogP contribution in [-0.2, 0) is 4.79 Å². The van der Waals surface area contributed by atoms with Crippen molar-refractivity contribution >= 4 is 17.8 Å². The third kappa shape index (κ3) is 8.80. The van der Waals surface area contributed by atoms with Gasteiger partial charge in [0.25, 0.3) is 11.9 Å². The van der Waals surface area contributed by atoms with Crippen LogP contribution < -0.4 is 21.4 Å². The first kappa shape index (κ1) is 24.7. The molecular formula is C18H26F2N6O4.